The van der Waals surface area contributed by atoms with Crippen molar-refractivity contribution in [1.29, 1.82) is 0 Å². The number of anilines is 1. The maximum Gasteiger partial charge on any atom is 0.319 e. The molecule has 2 rings (SSSR count). The van der Waals surface area contributed by atoms with Gasteiger partial charge in [-0.15, -0.1) is 0 Å². The van der Waals surface area contributed by atoms with E-state index in [4.69, 9.17) is 16.3 Å². The summed E-state index contributed by atoms with van der Waals surface area (Å²) >= 11 is 5.90. The average molecular weight is 329 g/mol. The van der Waals surface area contributed by atoms with Crippen molar-refractivity contribution in [2.45, 2.75) is 45.1 Å². The van der Waals surface area contributed by atoms with E-state index in [1.165, 1.54) is 25.0 Å². The fourth-order valence-electron chi connectivity index (χ4n) is 2.50. The molecule has 0 aliphatic heterocycles. The van der Waals surface area contributed by atoms with Crippen molar-refractivity contribution in [3.8, 4) is 0 Å². The third-order valence-electron chi connectivity index (χ3n) is 3.76. The van der Waals surface area contributed by atoms with Crippen LogP contribution in [0.5, 0.6) is 0 Å². The number of ether oxygens (including phenoxy) is 1. The van der Waals surface area contributed by atoms with E-state index >= 15 is 0 Å². The zero-order valence-electron chi connectivity index (χ0n) is 12.8. The molecular formula is C16H22ClFN2O2. The molecule has 0 radical (unpaired) electrons. The highest BCUT2D eigenvalue weighted by atomic mass is 35.5. The minimum atomic E-state index is -0.389. The largest absolute Gasteiger partial charge is 0.378 e. The molecular weight excluding hydrogens is 307 g/mol. The first-order valence-corrected chi connectivity index (χ1v) is 8.06. The highest BCUT2D eigenvalue weighted by Gasteiger charge is 2.14. The Balaban J connectivity index is 1.66. The van der Waals surface area contributed by atoms with Gasteiger partial charge < -0.3 is 15.4 Å². The molecule has 1 fully saturated rings. The second-order valence-electron chi connectivity index (χ2n) is 5.59. The fourth-order valence-corrected chi connectivity index (χ4v) is 2.70. The number of aryl methyl sites for hydroxylation is 1. The molecule has 4 nitrogen and oxygen atoms in total. The van der Waals surface area contributed by atoms with E-state index in [0.29, 0.717) is 30.5 Å². The summed E-state index contributed by atoms with van der Waals surface area (Å²) in [5.74, 6) is -0.389. The van der Waals surface area contributed by atoms with Crippen molar-refractivity contribution in [2.75, 3.05) is 18.5 Å². The molecule has 0 unspecified atom stereocenters. The summed E-state index contributed by atoms with van der Waals surface area (Å²) in [6.07, 6.45) is 5.97. The summed E-state index contributed by atoms with van der Waals surface area (Å²) in [6, 6.07) is 2.36. The lowest BCUT2D eigenvalue weighted by molar-refractivity contribution is 0.0572. The maximum absolute atomic E-state index is 13.3. The number of amides is 2. The van der Waals surface area contributed by atoms with Crippen LogP contribution in [-0.2, 0) is 4.74 Å². The molecule has 0 heterocycles. The molecule has 0 spiro atoms. The van der Waals surface area contributed by atoms with E-state index < -0.39 is 0 Å². The molecule has 1 aliphatic carbocycles. The Morgan fingerprint density at radius 2 is 2.14 bits per heavy atom. The predicted molar refractivity (Wildman–Crippen MR) is 86.0 cm³/mol. The van der Waals surface area contributed by atoms with Gasteiger partial charge in [-0.25, -0.2) is 9.18 Å². The third kappa shape index (κ3) is 5.14. The van der Waals surface area contributed by atoms with Gasteiger partial charge in [0, 0.05) is 13.2 Å². The lowest BCUT2D eigenvalue weighted by Gasteiger charge is -2.12. The topological polar surface area (TPSA) is 50.4 Å². The SMILES string of the molecule is Cc1cc(NC(=O)NCCCOC2CCCC2)c(Cl)cc1F. The number of halogens is 2. The van der Waals surface area contributed by atoms with Crippen molar-refractivity contribution in [3.63, 3.8) is 0 Å². The molecule has 1 aromatic rings. The lowest BCUT2D eigenvalue weighted by Crippen LogP contribution is -2.30. The van der Waals surface area contributed by atoms with Crippen LogP contribution in [0, 0.1) is 12.7 Å². The summed E-state index contributed by atoms with van der Waals surface area (Å²) in [5, 5.41) is 5.54. The van der Waals surface area contributed by atoms with E-state index in [-0.39, 0.29) is 16.9 Å². The molecule has 6 heteroatoms. The average Bonchev–Trinajstić information content (AvgIpc) is 2.97. The summed E-state index contributed by atoms with van der Waals surface area (Å²) in [6.45, 7) is 2.80. The number of hydrogen-bond acceptors (Lipinski definition) is 2. The summed E-state index contributed by atoms with van der Waals surface area (Å²) < 4.78 is 19.0. The van der Waals surface area contributed by atoms with Crippen LogP contribution in [0.2, 0.25) is 5.02 Å². The van der Waals surface area contributed by atoms with Gasteiger partial charge in [0.25, 0.3) is 0 Å². The lowest BCUT2D eigenvalue weighted by atomic mass is 10.2. The van der Waals surface area contributed by atoms with Crippen molar-refractivity contribution in [1.82, 2.24) is 5.32 Å². The molecule has 1 aliphatic rings. The molecule has 1 aromatic carbocycles. The van der Waals surface area contributed by atoms with Crippen molar-refractivity contribution in [3.05, 3.63) is 28.5 Å². The Hall–Kier alpha value is -1.33. The zero-order valence-corrected chi connectivity index (χ0v) is 13.5. The van der Waals surface area contributed by atoms with Crippen LogP contribution in [0.3, 0.4) is 0 Å². The highest BCUT2D eigenvalue weighted by molar-refractivity contribution is 6.33. The smallest absolute Gasteiger partial charge is 0.319 e. The third-order valence-corrected chi connectivity index (χ3v) is 4.07. The number of carbonyl (C=O) groups excluding carboxylic acids is 1. The van der Waals surface area contributed by atoms with Gasteiger partial charge in [-0.05, 0) is 43.9 Å². The maximum atomic E-state index is 13.3. The molecule has 122 valence electrons. The summed E-state index contributed by atoms with van der Waals surface area (Å²) in [4.78, 5) is 11.8. The minimum Gasteiger partial charge on any atom is -0.378 e. The van der Waals surface area contributed by atoms with Crippen LogP contribution in [0.4, 0.5) is 14.9 Å². The van der Waals surface area contributed by atoms with Crippen LogP contribution in [-0.4, -0.2) is 25.3 Å². The number of rotatable bonds is 6. The first-order valence-electron chi connectivity index (χ1n) is 7.68. The second kappa shape index (κ2) is 8.34. The van der Waals surface area contributed by atoms with E-state index in [1.807, 2.05) is 0 Å². The number of nitrogens with one attached hydrogen (secondary N) is 2. The molecule has 22 heavy (non-hydrogen) atoms. The standard InChI is InChI=1S/C16H22ClFN2O2/c1-11-9-15(13(17)10-14(11)18)20-16(21)19-7-4-8-22-12-5-2-3-6-12/h9-10,12H,2-8H2,1H3,(H2,19,20,21). The molecule has 0 bridgehead atoms. The van der Waals surface area contributed by atoms with Gasteiger partial charge in [-0.3, -0.25) is 0 Å². The molecule has 0 saturated heterocycles. The Morgan fingerprint density at radius 1 is 1.41 bits per heavy atom. The van der Waals surface area contributed by atoms with Gasteiger partial charge in [-0.2, -0.15) is 0 Å². The van der Waals surface area contributed by atoms with Gasteiger partial charge >= 0.3 is 6.03 Å². The number of urea groups is 1. The van der Waals surface area contributed by atoms with Crippen LogP contribution >= 0.6 is 11.6 Å². The van der Waals surface area contributed by atoms with Gasteiger partial charge in [0.15, 0.2) is 0 Å². The van der Waals surface area contributed by atoms with Gasteiger partial charge in [0.05, 0.1) is 16.8 Å². The minimum absolute atomic E-state index is 0.183. The van der Waals surface area contributed by atoms with Crippen LogP contribution in [0.1, 0.15) is 37.7 Å². The second-order valence-corrected chi connectivity index (χ2v) is 6.00. The number of carbonyl (C=O) groups is 1. The van der Waals surface area contributed by atoms with Gasteiger partial charge in [0.2, 0.25) is 0 Å². The zero-order chi connectivity index (χ0) is 15.9. The highest BCUT2D eigenvalue weighted by Crippen LogP contribution is 2.25. The Morgan fingerprint density at radius 3 is 2.86 bits per heavy atom. The van der Waals surface area contributed by atoms with Gasteiger partial charge in [-0.1, -0.05) is 24.4 Å². The first-order chi connectivity index (χ1) is 10.6. The fraction of sp³-hybridized carbons (Fsp3) is 0.562. The van der Waals surface area contributed by atoms with Crippen LogP contribution in [0.25, 0.3) is 0 Å². The van der Waals surface area contributed by atoms with E-state index in [9.17, 15) is 9.18 Å². The van der Waals surface area contributed by atoms with E-state index in [1.54, 1.807) is 6.92 Å². The molecule has 2 N–H and O–H groups in total. The Kier molecular flexibility index (Phi) is 6.46. The molecule has 0 aromatic heterocycles. The van der Waals surface area contributed by atoms with Crippen LogP contribution < -0.4 is 10.6 Å². The molecule has 0 atom stereocenters. The summed E-state index contributed by atoms with van der Waals surface area (Å²) in [5.41, 5.74) is 0.838. The Labute approximate surface area is 135 Å². The monoisotopic (exact) mass is 328 g/mol. The summed E-state index contributed by atoms with van der Waals surface area (Å²) in [7, 11) is 0. The van der Waals surface area contributed by atoms with E-state index in [0.717, 1.165) is 19.3 Å². The first kappa shape index (κ1) is 17.0. The van der Waals surface area contributed by atoms with Crippen molar-refractivity contribution >= 4 is 23.3 Å². The Bertz CT molecular complexity index is 519. The normalized spacial score (nSPS) is 15.0. The number of benzene rings is 1. The molecule has 1 saturated carbocycles. The number of hydrogen-bond donors (Lipinski definition) is 2. The van der Waals surface area contributed by atoms with E-state index in [2.05, 4.69) is 10.6 Å². The van der Waals surface area contributed by atoms with Crippen LogP contribution in [0.15, 0.2) is 12.1 Å². The molecule has 2 amide bonds. The van der Waals surface area contributed by atoms with Crippen molar-refractivity contribution < 1.29 is 13.9 Å². The predicted octanol–water partition coefficient (Wildman–Crippen LogP) is 4.26. The van der Waals surface area contributed by atoms with Crippen molar-refractivity contribution in [2.24, 2.45) is 0 Å². The van der Waals surface area contributed by atoms with Gasteiger partial charge in [0.1, 0.15) is 5.82 Å². The quantitative estimate of drug-likeness (QED) is 0.767.